The van der Waals surface area contributed by atoms with E-state index in [1.165, 1.54) is 6.21 Å². The third-order valence-electron chi connectivity index (χ3n) is 2.01. The van der Waals surface area contributed by atoms with Crippen molar-refractivity contribution in [2.75, 3.05) is 13.2 Å². The molecule has 0 spiro atoms. The van der Waals surface area contributed by atoms with E-state index < -0.39 is 6.03 Å². The van der Waals surface area contributed by atoms with Gasteiger partial charge in [0.05, 0.1) is 23.0 Å². The zero-order chi connectivity index (χ0) is 14.3. The maximum absolute atomic E-state index is 10.5. The third-order valence-corrected chi connectivity index (χ3v) is 2.81. The van der Waals surface area contributed by atoms with Crippen molar-refractivity contribution < 1.29 is 14.3 Å². The first-order valence-corrected chi connectivity index (χ1v) is 6.84. The van der Waals surface area contributed by atoms with E-state index >= 15 is 0 Å². The van der Waals surface area contributed by atoms with E-state index in [4.69, 9.17) is 15.2 Å². The van der Waals surface area contributed by atoms with Gasteiger partial charge in [0, 0.05) is 0 Å². The van der Waals surface area contributed by atoms with Crippen LogP contribution in [-0.2, 0) is 0 Å². The van der Waals surface area contributed by atoms with Gasteiger partial charge in [-0.15, -0.1) is 0 Å². The topological polar surface area (TPSA) is 85.9 Å². The molecule has 0 heterocycles. The second-order valence-electron chi connectivity index (χ2n) is 3.43. The highest BCUT2D eigenvalue weighted by atomic mass is 127. The molecule has 0 aliphatic carbocycles. The molecule has 0 fully saturated rings. The summed E-state index contributed by atoms with van der Waals surface area (Å²) in [7, 11) is 0. The van der Waals surface area contributed by atoms with Gasteiger partial charge < -0.3 is 15.2 Å². The number of hydrazone groups is 1. The summed E-state index contributed by atoms with van der Waals surface area (Å²) in [5.41, 5.74) is 7.84. The van der Waals surface area contributed by atoms with Crippen LogP contribution >= 0.6 is 22.6 Å². The molecular weight excluding hydrogens is 361 g/mol. The molecule has 0 atom stereocenters. The molecule has 7 heteroatoms. The minimum absolute atomic E-state index is 0.538. The molecule has 0 unspecified atom stereocenters. The maximum Gasteiger partial charge on any atom is 0.332 e. The smallest absolute Gasteiger partial charge is 0.332 e. The lowest BCUT2D eigenvalue weighted by molar-refractivity contribution is 0.249. The molecule has 1 aromatic carbocycles. The molecule has 6 nitrogen and oxygen atoms in total. The van der Waals surface area contributed by atoms with Gasteiger partial charge in [-0.25, -0.2) is 10.2 Å². The zero-order valence-corrected chi connectivity index (χ0v) is 12.9. The van der Waals surface area contributed by atoms with Gasteiger partial charge in [-0.3, -0.25) is 0 Å². The van der Waals surface area contributed by atoms with Crippen LogP contribution in [0.3, 0.4) is 0 Å². The van der Waals surface area contributed by atoms with E-state index in [1.54, 1.807) is 6.07 Å². The Labute approximate surface area is 125 Å². The molecule has 2 amide bonds. The van der Waals surface area contributed by atoms with E-state index in [2.05, 4.69) is 33.1 Å². The highest BCUT2D eigenvalue weighted by Gasteiger charge is 2.11. The fraction of sp³-hybridized carbons (Fsp3) is 0.333. The molecule has 0 saturated carbocycles. The molecule has 1 rings (SSSR count). The van der Waals surface area contributed by atoms with Crippen LogP contribution in [0.1, 0.15) is 19.4 Å². The standard InChI is InChI=1S/C12H16IN3O3/c1-3-18-10-6-8(7-15-16-12(14)17)5-9(13)11(10)19-4-2/h5-7H,3-4H2,1-2H3,(H3,14,16,17)/b15-7+. The van der Waals surface area contributed by atoms with Crippen LogP contribution in [0.15, 0.2) is 17.2 Å². The minimum Gasteiger partial charge on any atom is -0.490 e. The summed E-state index contributed by atoms with van der Waals surface area (Å²) in [5.74, 6) is 1.36. The third kappa shape index (κ3) is 4.93. The highest BCUT2D eigenvalue weighted by Crippen LogP contribution is 2.33. The summed E-state index contributed by atoms with van der Waals surface area (Å²) in [6.45, 7) is 4.92. The van der Waals surface area contributed by atoms with Crippen molar-refractivity contribution in [1.29, 1.82) is 0 Å². The molecule has 3 N–H and O–H groups in total. The van der Waals surface area contributed by atoms with Crippen molar-refractivity contribution in [3.63, 3.8) is 0 Å². The molecule has 0 aromatic heterocycles. The molecular formula is C12H16IN3O3. The molecule has 0 aliphatic heterocycles. The Morgan fingerprint density at radius 2 is 2.11 bits per heavy atom. The first-order chi connectivity index (χ1) is 9.08. The Morgan fingerprint density at radius 1 is 1.42 bits per heavy atom. The number of nitrogens with zero attached hydrogens (tertiary/aromatic N) is 1. The summed E-state index contributed by atoms with van der Waals surface area (Å²) in [6.07, 6.45) is 1.49. The fourth-order valence-corrected chi connectivity index (χ4v) is 2.16. The number of primary amides is 1. The van der Waals surface area contributed by atoms with Crippen molar-refractivity contribution in [1.82, 2.24) is 5.43 Å². The first-order valence-electron chi connectivity index (χ1n) is 5.76. The number of rotatable bonds is 6. The van der Waals surface area contributed by atoms with Crippen LogP contribution in [0, 0.1) is 3.57 Å². The zero-order valence-electron chi connectivity index (χ0n) is 10.8. The van der Waals surface area contributed by atoms with Crippen LogP contribution in [0.5, 0.6) is 11.5 Å². The van der Waals surface area contributed by atoms with Gasteiger partial charge in [-0.1, -0.05) is 0 Å². The molecule has 19 heavy (non-hydrogen) atoms. The lowest BCUT2D eigenvalue weighted by Crippen LogP contribution is -2.24. The molecule has 0 aliphatic rings. The van der Waals surface area contributed by atoms with Crippen LogP contribution in [0.25, 0.3) is 0 Å². The van der Waals surface area contributed by atoms with Gasteiger partial charge >= 0.3 is 6.03 Å². The number of nitrogens with one attached hydrogen (secondary N) is 1. The maximum atomic E-state index is 10.5. The number of benzene rings is 1. The van der Waals surface area contributed by atoms with E-state index in [9.17, 15) is 4.79 Å². The average molecular weight is 377 g/mol. The lowest BCUT2D eigenvalue weighted by Gasteiger charge is -2.13. The first kappa shape index (κ1) is 15.5. The monoisotopic (exact) mass is 377 g/mol. The normalized spacial score (nSPS) is 10.5. The van der Waals surface area contributed by atoms with Gasteiger partial charge in [0.1, 0.15) is 0 Å². The number of hydrogen-bond acceptors (Lipinski definition) is 4. The van der Waals surface area contributed by atoms with Gasteiger partial charge in [0.2, 0.25) is 0 Å². The number of amides is 2. The minimum atomic E-state index is -0.707. The van der Waals surface area contributed by atoms with Gasteiger partial charge in [0.15, 0.2) is 11.5 Å². The van der Waals surface area contributed by atoms with Crippen molar-refractivity contribution in [3.05, 3.63) is 21.3 Å². The Hall–Kier alpha value is -1.51. The molecule has 104 valence electrons. The van der Waals surface area contributed by atoms with Crippen molar-refractivity contribution in [2.24, 2.45) is 10.8 Å². The quantitative estimate of drug-likeness (QED) is 0.452. The van der Waals surface area contributed by atoms with E-state index in [0.29, 0.717) is 24.7 Å². The van der Waals surface area contributed by atoms with Gasteiger partial charge in [-0.05, 0) is 54.1 Å². The fourth-order valence-electron chi connectivity index (χ4n) is 1.38. The Morgan fingerprint density at radius 3 is 2.68 bits per heavy atom. The summed E-state index contributed by atoms with van der Waals surface area (Å²) < 4.78 is 12.0. The van der Waals surface area contributed by atoms with E-state index in [0.717, 1.165) is 9.13 Å². The van der Waals surface area contributed by atoms with Crippen LogP contribution < -0.4 is 20.6 Å². The molecule has 0 bridgehead atoms. The number of carbonyl (C=O) groups is 1. The van der Waals surface area contributed by atoms with E-state index in [1.807, 2.05) is 19.9 Å². The number of halogens is 1. The van der Waals surface area contributed by atoms with Crippen molar-refractivity contribution in [3.8, 4) is 11.5 Å². The highest BCUT2D eigenvalue weighted by molar-refractivity contribution is 14.1. The number of hydrogen-bond donors (Lipinski definition) is 2. The summed E-state index contributed by atoms with van der Waals surface area (Å²) in [4.78, 5) is 10.5. The second kappa shape index (κ2) is 7.82. The Bertz CT molecular complexity index is 478. The summed E-state index contributed by atoms with van der Waals surface area (Å²) in [5, 5.41) is 3.71. The Kier molecular flexibility index (Phi) is 6.40. The van der Waals surface area contributed by atoms with Gasteiger partial charge in [0.25, 0.3) is 0 Å². The number of urea groups is 1. The average Bonchev–Trinajstić information content (AvgIpc) is 2.33. The predicted octanol–water partition coefficient (Wildman–Crippen LogP) is 2.09. The number of nitrogens with two attached hydrogens (primary N) is 1. The predicted molar refractivity (Wildman–Crippen MR) is 81.8 cm³/mol. The van der Waals surface area contributed by atoms with Crippen LogP contribution in [0.4, 0.5) is 4.79 Å². The number of carbonyl (C=O) groups excluding carboxylic acids is 1. The van der Waals surface area contributed by atoms with Crippen LogP contribution in [-0.4, -0.2) is 25.5 Å². The molecule has 1 aromatic rings. The molecule has 0 saturated heterocycles. The van der Waals surface area contributed by atoms with E-state index in [-0.39, 0.29) is 0 Å². The SMILES string of the molecule is CCOc1cc(/C=N/NC(N)=O)cc(I)c1OCC. The van der Waals surface area contributed by atoms with Crippen molar-refractivity contribution >= 4 is 34.8 Å². The molecule has 0 radical (unpaired) electrons. The van der Waals surface area contributed by atoms with Crippen LogP contribution in [0.2, 0.25) is 0 Å². The van der Waals surface area contributed by atoms with Gasteiger partial charge in [-0.2, -0.15) is 5.10 Å². The second-order valence-corrected chi connectivity index (χ2v) is 4.59. The van der Waals surface area contributed by atoms with Crippen molar-refractivity contribution in [2.45, 2.75) is 13.8 Å². The lowest BCUT2D eigenvalue weighted by atomic mass is 10.2. The summed E-state index contributed by atoms with van der Waals surface area (Å²) >= 11 is 2.16. The number of ether oxygens (including phenoxy) is 2. The Balaban J connectivity index is 3.01. The largest absolute Gasteiger partial charge is 0.490 e. The summed E-state index contributed by atoms with van der Waals surface area (Å²) in [6, 6.07) is 2.96.